The fourth-order valence-corrected chi connectivity index (χ4v) is 0.127. The zero-order valence-corrected chi connectivity index (χ0v) is 4.81. The summed E-state index contributed by atoms with van der Waals surface area (Å²) in [6.45, 7) is 0. The summed E-state index contributed by atoms with van der Waals surface area (Å²) in [5, 5.41) is 0. The number of carbonyl (C=O) groups is 1. The molecule has 0 fully saturated rings. The SMILES string of the molecule is Cl.NC(=O)N=C(N)N. The molecular formula is C2H7ClN4O. The minimum Gasteiger partial charge on any atom is -0.370 e. The highest BCUT2D eigenvalue weighted by atomic mass is 35.5. The molecular weight excluding hydrogens is 132 g/mol. The van der Waals surface area contributed by atoms with E-state index in [1.807, 2.05) is 0 Å². The summed E-state index contributed by atoms with van der Waals surface area (Å²) in [5.41, 5.74) is 13.9. The van der Waals surface area contributed by atoms with Crippen LogP contribution < -0.4 is 17.2 Å². The van der Waals surface area contributed by atoms with Crippen molar-refractivity contribution in [3.63, 3.8) is 0 Å². The van der Waals surface area contributed by atoms with Crippen LogP contribution in [0.15, 0.2) is 4.99 Å². The first-order valence-corrected chi connectivity index (χ1v) is 1.52. The lowest BCUT2D eigenvalue weighted by Crippen LogP contribution is -2.25. The first-order chi connectivity index (χ1) is 3.13. The van der Waals surface area contributed by atoms with Crippen molar-refractivity contribution < 1.29 is 4.79 Å². The molecule has 6 heteroatoms. The van der Waals surface area contributed by atoms with E-state index in [1.54, 1.807) is 0 Å². The van der Waals surface area contributed by atoms with E-state index in [1.165, 1.54) is 0 Å². The molecule has 5 nitrogen and oxygen atoms in total. The number of urea groups is 1. The second kappa shape index (κ2) is 4.20. The predicted molar refractivity (Wildman–Crippen MR) is 32.6 cm³/mol. The molecule has 0 unspecified atom stereocenters. The second-order valence-corrected chi connectivity index (χ2v) is 0.875. The van der Waals surface area contributed by atoms with Gasteiger partial charge in [0.2, 0.25) is 0 Å². The molecule has 2 amide bonds. The van der Waals surface area contributed by atoms with Crippen LogP contribution in [0.3, 0.4) is 0 Å². The Balaban J connectivity index is 0. The molecule has 8 heavy (non-hydrogen) atoms. The summed E-state index contributed by atoms with van der Waals surface area (Å²) in [5.74, 6) is -0.312. The summed E-state index contributed by atoms with van der Waals surface area (Å²) >= 11 is 0. The third-order valence-corrected chi connectivity index (χ3v) is 0.239. The van der Waals surface area contributed by atoms with Crippen molar-refractivity contribution in [2.45, 2.75) is 0 Å². The zero-order chi connectivity index (χ0) is 5.86. The maximum absolute atomic E-state index is 9.68. The van der Waals surface area contributed by atoms with Gasteiger partial charge in [-0.05, 0) is 0 Å². The molecule has 0 bridgehead atoms. The quantitative estimate of drug-likeness (QED) is 0.288. The molecule has 0 aliphatic heterocycles. The average Bonchev–Trinajstić information content (AvgIpc) is 1.27. The number of rotatable bonds is 0. The van der Waals surface area contributed by atoms with Gasteiger partial charge in [-0.15, -0.1) is 12.4 Å². The van der Waals surface area contributed by atoms with Gasteiger partial charge in [0.15, 0.2) is 5.96 Å². The predicted octanol–water partition coefficient (Wildman–Crippen LogP) is -1.24. The molecule has 0 heterocycles. The Hall–Kier alpha value is -0.970. The van der Waals surface area contributed by atoms with Crippen LogP contribution in [0.1, 0.15) is 0 Å². The highest BCUT2D eigenvalue weighted by molar-refractivity contribution is 5.89. The van der Waals surface area contributed by atoms with Crippen molar-refractivity contribution in [1.82, 2.24) is 0 Å². The van der Waals surface area contributed by atoms with E-state index >= 15 is 0 Å². The number of amides is 2. The smallest absolute Gasteiger partial charge is 0.341 e. The number of guanidine groups is 1. The molecule has 0 radical (unpaired) electrons. The summed E-state index contributed by atoms with van der Waals surface area (Å²) in [4.78, 5) is 12.6. The lowest BCUT2D eigenvalue weighted by Gasteiger charge is -1.82. The fraction of sp³-hybridized carbons (Fsp3) is 0. The number of hydrogen-bond donors (Lipinski definition) is 3. The molecule has 0 atom stereocenters. The van der Waals surface area contributed by atoms with Crippen LogP contribution in [0.2, 0.25) is 0 Å². The molecule has 48 valence electrons. The van der Waals surface area contributed by atoms with Gasteiger partial charge >= 0.3 is 6.03 Å². The van der Waals surface area contributed by atoms with Gasteiger partial charge in [-0.1, -0.05) is 0 Å². The van der Waals surface area contributed by atoms with Gasteiger partial charge in [-0.3, -0.25) is 0 Å². The van der Waals surface area contributed by atoms with Gasteiger partial charge < -0.3 is 17.2 Å². The van der Waals surface area contributed by atoms with E-state index < -0.39 is 6.03 Å². The lowest BCUT2D eigenvalue weighted by molar-refractivity contribution is 0.256. The van der Waals surface area contributed by atoms with E-state index in [0.717, 1.165) is 0 Å². The molecule has 0 aromatic heterocycles. The maximum atomic E-state index is 9.68. The molecule has 0 spiro atoms. The number of halogens is 1. The summed E-state index contributed by atoms with van der Waals surface area (Å²) < 4.78 is 0. The monoisotopic (exact) mass is 138 g/mol. The average molecular weight is 139 g/mol. The standard InChI is InChI=1S/C2H6N4O.ClH/c3-1(4)6-2(5)7;/h(H6,3,4,5,6,7);1H. The third-order valence-electron chi connectivity index (χ3n) is 0.239. The van der Waals surface area contributed by atoms with Gasteiger partial charge in [-0.25, -0.2) is 4.79 Å². The Morgan fingerprint density at radius 2 is 1.62 bits per heavy atom. The second-order valence-electron chi connectivity index (χ2n) is 0.875. The number of aliphatic imine (C=N–C) groups is 1. The van der Waals surface area contributed by atoms with E-state index in [4.69, 9.17) is 11.5 Å². The van der Waals surface area contributed by atoms with Gasteiger partial charge in [0.1, 0.15) is 0 Å². The Kier molecular flexibility index (Phi) is 5.30. The van der Waals surface area contributed by atoms with Crippen LogP contribution >= 0.6 is 12.4 Å². The van der Waals surface area contributed by atoms with Crippen molar-refractivity contribution in [2.75, 3.05) is 0 Å². The molecule has 0 aliphatic carbocycles. The highest BCUT2D eigenvalue weighted by Crippen LogP contribution is 1.60. The van der Waals surface area contributed by atoms with Crippen molar-refractivity contribution in [2.24, 2.45) is 22.2 Å². The van der Waals surface area contributed by atoms with Crippen LogP contribution in [-0.4, -0.2) is 12.0 Å². The van der Waals surface area contributed by atoms with Crippen molar-refractivity contribution in [3.8, 4) is 0 Å². The maximum Gasteiger partial charge on any atom is 0.341 e. The topological polar surface area (TPSA) is 107 Å². The van der Waals surface area contributed by atoms with Crippen LogP contribution in [0.5, 0.6) is 0 Å². The van der Waals surface area contributed by atoms with Gasteiger partial charge in [0.05, 0.1) is 0 Å². The van der Waals surface area contributed by atoms with Gasteiger partial charge in [-0.2, -0.15) is 4.99 Å². The Labute approximate surface area is 52.3 Å². The number of nitrogens with zero attached hydrogens (tertiary/aromatic N) is 1. The number of nitrogens with two attached hydrogens (primary N) is 3. The number of primary amides is 1. The third kappa shape index (κ3) is 8.90. The molecule has 0 saturated carbocycles. The summed E-state index contributed by atoms with van der Waals surface area (Å²) in [6, 6.07) is -0.875. The molecule has 0 saturated heterocycles. The Bertz CT molecular complexity index is 107. The minimum atomic E-state index is -0.875. The number of carbonyl (C=O) groups excluding carboxylic acids is 1. The van der Waals surface area contributed by atoms with E-state index in [2.05, 4.69) is 10.7 Å². The number of hydrogen-bond acceptors (Lipinski definition) is 1. The van der Waals surface area contributed by atoms with Crippen LogP contribution in [0.4, 0.5) is 4.79 Å². The van der Waals surface area contributed by atoms with Crippen molar-refractivity contribution in [3.05, 3.63) is 0 Å². The van der Waals surface area contributed by atoms with E-state index in [-0.39, 0.29) is 18.4 Å². The van der Waals surface area contributed by atoms with Crippen LogP contribution in [0, 0.1) is 0 Å². The van der Waals surface area contributed by atoms with E-state index in [0.29, 0.717) is 0 Å². The minimum absolute atomic E-state index is 0. The van der Waals surface area contributed by atoms with Crippen molar-refractivity contribution in [1.29, 1.82) is 0 Å². The summed E-state index contributed by atoms with van der Waals surface area (Å²) in [6.07, 6.45) is 0. The molecule has 6 N–H and O–H groups in total. The first kappa shape index (κ1) is 10.1. The van der Waals surface area contributed by atoms with Gasteiger partial charge in [0.25, 0.3) is 0 Å². The molecule has 0 aromatic carbocycles. The lowest BCUT2D eigenvalue weighted by atomic mass is 11.0. The van der Waals surface area contributed by atoms with E-state index in [9.17, 15) is 4.79 Å². The molecule has 0 aliphatic rings. The Morgan fingerprint density at radius 1 is 1.25 bits per heavy atom. The zero-order valence-electron chi connectivity index (χ0n) is 4.00. The first-order valence-electron chi connectivity index (χ1n) is 1.52. The normalized spacial score (nSPS) is 6.50. The fourth-order valence-electron chi connectivity index (χ4n) is 0.127. The van der Waals surface area contributed by atoms with Crippen molar-refractivity contribution >= 4 is 24.4 Å². The largest absolute Gasteiger partial charge is 0.370 e. The van der Waals surface area contributed by atoms with Crippen LogP contribution in [0.25, 0.3) is 0 Å². The highest BCUT2D eigenvalue weighted by Gasteiger charge is 1.83. The Morgan fingerprint density at radius 3 is 1.62 bits per heavy atom. The molecule has 0 rings (SSSR count). The molecule has 0 aromatic rings. The van der Waals surface area contributed by atoms with Gasteiger partial charge in [0, 0.05) is 0 Å². The van der Waals surface area contributed by atoms with Crippen LogP contribution in [-0.2, 0) is 0 Å². The summed E-state index contributed by atoms with van der Waals surface area (Å²) in [7, 11) is 0.